The van der Waals surface area contributed by atoms with E-state index in [4.69, 9.17) is 0 Å². The van der Waals surface area contributed by atoms with Crippen molar-refractivity contribution in [2.45, 2.75) is 59.0 Å². The highest BCUT2D eigenvalue weighted by Crippen LogP contribution is 2.39. The molecule has 0 radical (unpaired) electrons. The molecule has 0 spiro atoms. The van der Waals surface area contributed by atoms with Gasteiger partial charge in [0.2, 0.25) is 0 Å². The molecule has 0 aromatic rings. The Morgan fingerprint density at radius 3 is 2.00 bits per heavy atom. The van der Waals surface area contributed by atoms with E-state index in [1.54, 1.807) is 0 Å². The molecule has 0 bridgehead atoms. The number of hydrogen-bond donors (Lipinski definition) is 0. The first kappa shape index (κ1) is 12.0. The number of rotatable bonds is 0. The molecule has 1 heterocycles. The van der Waals surface area contributed by atoms with Crippen LogP contribution in [0, 0.1) is 11.8 Å². The van der Waals surface area contributed by atoms with Crippen molar-refractivity contribution in [1.29, 1.82) is 0 Å². The van der Waals surface area contributed by atoms with Crippen molar-refractivity contribution in [1.82, 2.24) is 0 Å². The van der Waals surface area contributed by atoms with Gasteiger partial charge in [0.1, 0.15) is 0 Å². The van der Waals surface area contributed by atoms with Crippen LogP contribution in [0.1, 0.15) is 47.5 Å². The molecule has 84 valence electrons. The van der Waals surface area contributed by atoms with Crippen LogP contribution in [0.25, 0.3) is 0 Å². The van der Waals surface area contributed by atoms with Crippen molar-refractivity contribution in [2.75, 3.05) is 14.1 Å². The molecule has 0 aliphatic carbocycles. The minimum Gasteiger partial charge on any atom is -0.322 e. The first-order chi connectivity index (χ1) is 6.18. The second kappa shape index (κ2) is 3.52. The van der Waals surface area contributed by atoms with Gasteiger partial charge in [0, 0.05) is 12.8 Å². The number of hydrogen-bond acceptors (Lipinski definition) is 0. The maximum atomic E-state index is 2.43. The van der Waals surface area contributed by atoms with Crippen LogP contribution in [0.3, 0.4) is 0 Å². The quantitative estimate of drug-likeness (QED) is 0.524. The summed E-state index contributed by atoms with van der Waals surface area (Å²) >= 11 is 0. The van der Waals surface area contributed by atoms with Gasteiger partial charge < -0.3 is 4.48 Å². The van der Waals surface area contributed by atoms with Gasteiger partial charge in [-0.05, 0) is 32.6 Å². The van der Waals surface area contributed by atoms with Gasteiger partial charge in [-0.2, -0.15) is 0 Å². The maximum Gasteiger partial charge on any atom is 0.0936 e. The Morgan fingerprint density at radius 1 is 1.00 bits per heavy atom. The molecule has 1 nitrogen and oxygen atoms in total. The smallest absolute Gasteiger partial charge is 0.0936 e. The monoisotopic (exact) mass is 198 g/mol. The summed E-state index contributed by atoms with van der Waals surface area (Å²) in [6.07, 6.45) is 2.73. The van der Waals surface area contributed by atoms with Crippen LogP contribution in [0.2, 0.25) is 0 Å². The largest absolute Gasteiger partial charge is 0.322 e. The zero-order chi connectivity index (χ0) is 11.1. The second-order valence-corrected chi connectivity index (χ2v) is 6.60. The summed E-state index contributed by atoms with van der Waals surface area (Å²) in [6.45, 7) is 12.1. The second-order valence-electron chi connectivity index (χ2n) is 6.60. The number of quaternary nitrogens is 1. The third kappa shape index (κ3) is 1.84. The average Bonchev–Trinajstić information content (AvgIpc) is 2.05. The SMILES string of the molecule is CC1CC(C)[N+](C)(C)C(C)(C)CC1C. The van der Waals surface area contributed by atoms with Crippen molar-refractivity contribution < 1.29 is 4.48 Å². The van der Waals surface area contributed by atoms with Crippen LogP contribution in [0.5, 0.6) is 0 Å². The van der Waals surface area contributed by atoms with E-state index in [1.807, 2.05) is 0 Å². The summed E-state index contributed by atoms with van der Waals surface area (Å²) < 4.78 is 1.17. The Bertz CT molecular complexity index is 205. The van der Waals surface area contributed by atoms with Crippen LogP contribution in [-0.4, -0.2) is 30.2 Å². The molecule has 1 fully saturated rings. The Morgan fingerprint density at radius 2 is 1.50 bits per heavy atom. The normalized spacial score (nSPS) is 41.8. The van der Waals surface area contributed by atoms with Crippen molar-refractivity contribution in [3.05, 3.63) is 0 Å². The number of nitrogens with zero attached hydrogens (tertiary/aromatic N) is 1. The van der Waals surface area contributed by atoms with Gasteiger partial charge >= 0.3 is 0 Å². The lowest BCUT2D eigenvalue weighted by Crippen LogP contribution is -2.59. The van der Waals surface area contributed by atoms with Crippen LogP contribution in [0.15, 0.2) is 0 Å². The topological polar surface area (TPSA) is 0 Å². The number of likely N-dealkylation sites (tertiary alicyclic amines) is 1. The third-order valence-corrected chi connectivity index (χ3v) is 5.17. The fraction of sp³-hybridized carbons (Fsp3) is 1.00. The molecule has 1 aliphatic heterocycles. The van der Waals surface area contributed by atoms with E-state index in [1.165, 1.54) is 17.3 Å². The Labute approximate surface area is 90.1 Å². The van der Waals surface area contributed by atoms with Gasteiger partial charge in [-0.25, -0.2) is 0 Å². The molecule has 0 aromatic carbocycles. The molecule has 14 heavy (non-hydrogen) atoms. The van der Waals surface area contributed by atoms with E-state index < -0.39 is 0 Å². The molecule has 0 amide bonds. The van der Waals surface area contributed by atoms with Gasteiger partial charge in [0.25, 0.3) is 0 Å². The van der Waals surface area contributed by atoms with E-state index in [2.05, 4.69) is 48.7 Å². The summed E-state index contributed by atoms with van der Waals surface area (Å²) in [7, 11) is 4.80. The lowest BCUT2D eigenvalue weighted by Gasteiger charge is -2.47. The zero-order valence-corrected chi connectivity index (χ0v) is 11.1. The Balaban J connectivity index is 2.98. The predicted molar refractivity (Wildman–Crippen MR) is 63.2 cm³/mol. The average molecular weight is 198 g/mol. The van der Waals surface area contributed by atoms with Crippen LogP contribution < -0.4 is 0 Å². The van der Waals surface area contributed by atoms with Crippen LogP contribution in [-0.2, 0) is 0 Å². The molecule has 1 aliphatic rings. The molecule has 1 rings (SSSR count). The molecular formula is C13H28N+. The maximum absolute atomic E-state index is 2.43. The molecule has 0 N–H and O–H groups in total. The van der Waals surface area contributed by atoms with E-state index in [0.717, 1.165) is 17.9 Å². The van der Waals surface area contributed by atoms with Crippen molar-refractivity contribution >= 4 is 0 Å². The lowest BCUT2D eigenvalue weighted by molar-refractivity contribution is -0.958. The summed E-state index contributed by atoms with van der Waals surface area (Å²) in [5.74, 6) is 1.75. The van der Waals surface area contributed by atoms with E-state index >= 15 is 0 Å². The molecule has 3 atom stereocenters. The first-order valence-electron chi connectivity index (χ1n) is 6.02. The fourth-order valence-corrected chi connectivity index (χ4v) is 2.85. The standard InChI is InChI=1S/C13H28N/c1-10-8-12(3)14(6,7)13(4,5)9-11(10)2/h10-12H,8-9H2,1-7H3/q+1. The molecule has 3 unspecified atom stereocenters. The van der Waals surface area contributed by atoms with Gasteiger partial charge in [-0.15, -0.1) is 0 Å². The van der Waals surface area contributed by atoms with Gasteiger partial charge in [0.15, 0.2) is 0 Å². The highest BCUT2D eigenvalue weighted by atomic mass is 15.4. The van der Waals surface area contributed by atoms with Gasteiger partial charge in [-0.3, -0.25) is 0 Å². The minimum absolute atomic E-state index is 0.420. The summed E-state index contributed by atoms with van der Waals surface area (Å²) in [4.78, 5) is 0. The molecular weight excluding hydrogens is 170 g/mol. The molecule has 1 saturated heterocycles. The molecule has 0 saturated carbocycles. The molecule has 1 heteroatoms. The Kier molecular flexibility index (Phi) is 3.02. The minimum atomic E-state index is 0.420. The van der Waals surface area contributed by atoms with Crippen LogP contribution >= 0.6 is 0 Å². The predicted octanol–water partition coefficient (Wildman–Crippen LogP) is 3.30. The van der Waals surface area contributed by atoms with Gasteiger partial charge in [0.05, 0.1) is 25.7 Å². The van der Waals surface area contributed by atoms with Crippen LogP contribution in [0.4, 0.5) is 0 Å². The zero-order valence-electron chi connectivity index (χ0n) is 11.1. The fourth-order valence-electron chi connectivity index (χ4n) is 2.85. The van der Waals surface area contributed by atoms with Gasteiger partial charge in [-0.1, -0.05) is 13.8 Å². The lowest BCUT2D eigenvalue weighted by atomic mass is 9.84. The Hall–Kier alpha value is -0.0400. The first-order valence-corrected chi connectivity index (χ1v) is 6.02. The van der Waals surface area contributed by atoms with E-state index in [-0.39, 0.29) is 0 Å². The van der Waals surface area contributed by atoms with Crippen molar-refractivity contribution in [3.63, 3.8) is 0 Å². The molecule has 0 aromatic heterocycles. The van der Waals surface area contributed by atoms with E-state index in [0.29, 0.717) is 5.54 Å². The van der Waals surface area contributed by atoms with Crippen molar-refractivity contribution in [3.8, 4) is 0 Å². The van der Waals surface area contributed by atoms with E-state index in [9.17, 15) is 0 Å². The highest BCUT2D eigenvalue weighted by molar-refractivity contribution is 4.81. The third-order valence-electron chi connectivity index (χ3n) is 5.17. The summed E-state index contributed by atoms with van der Waals surface area (Å²) in [5, 5.41) is 0. The highest BCUT2D eigenvalue weighted by Gasteiger charge is 2.45. The summed E-state index contributed by atoms with van der Waals surface area (Å²) in [5.41, 5.74) is 0.420. The van der Waals surface area contributed by atoms with Crippen molar-refractivity contribution in [2.24, 2.45) is 11.8 Å². The summed E-state index contributed by atoms with van der Waals surface area (Å²) in [6, 6.07) is 0.782.